The van der Waals surface area contributed by atoms with Gasteiger partial charge in [0.25, 0.3) is 12.1 Å². The second-order valence-corrected chi connectivity index (χ2v) is 5.18. The second kappa shape index (κ2) is 5.51. The molecule has 1 unspecified atom stereocenters. The van der Waals surface area contributed by atoms with Crippen LogP contribution in [0, 0.1) is 10.1 Å². The topological polar surface area (TPSA) is 55.2 Å². The van der Waals surface area contributed by atoms with Crippen molar-refractivity contribution < 1.29 is 13.7 Å². The third-order valence-corrected chi connectivity index (χ3v) is 3.93. The van der Waals surface area contributed by atoms with Crippen LogP contribution in [0.25, 0.3) is 0 Å². The number of nitrogens with zero attached hydrogens (tertiary/aromatic N) is 1. The predicted molar refractivity (Wildman–Crippen MR) is 67.4 cm³/mol. The molecule has 18 heavy (non-hydrogen) atoms. The summed E-state index contributed by atoms with van der Waals surface area (Å²) in [6.07, 6.45) is -1.80. The van der Waals surface area contributed by atoms with Crippen LogP contribution in [0.3, 0.4) is 0 Å². The number of hydrogen-bond donors (Lipinski definition) is 1. The van der Waals surface area contributed by atoms with Crippen molar-refractivity contribution in [3.8, 4) is 0 Å². The van der Waals surface area contributed by atoms with Gasteiger partial charge in [-0.2, -0.15) is 11.8 Å². The number of non-ortho nitro benzene ring substituents is 1. The normalized spacial score (nSPS) is 19.2. The molecule has 2 rings (SSSR count). The number of thioether (sulfide) groups is 1. The lowest BCUT2D eigenvalue weighted by Gasteiger charge is -2.16. The summed E-state index contributed by atoms with van der Waals surface area (Å²) in [5, 5.41) is 13.6. The van der Waals surface area contributed by atoms with Gasteiger partial charge in [0, 0.05) is 35.2 Å². The van der Waals surface area contributed by atoms with Crippen molar-refractivity contribution in [2.24, 2.45) is 0 Å². The van der Waals surface area contributed by atoms with E-state index >= 15 is 0 Å². The molecule has 1 fully saturated rings. The highest BCUT2D eigenvalue weighted by Crippen LogP contribution is 2.32. The molecule has 1 heterocycles. The summed E-state index contributed by atoms with van der Waals surface area (Å²) < 4.78 is 25.8. The monoisotopic (exact) mass is 274 g/mol. The number of nitrogens with one attached hydrogen (secondary N) is 1. The SMILES string of the molecule is O=[N+]([O-])c1ccc(NC2CCSC2)c(C(F)F)c1. The molecule has 0 amide bonds. The second-order valence-electron chi connectivity index (χ2n) is 4.03. The van der Waals surface area contributed by atoms with Gasteiger partial charge in [-0.15, -0.1) is 0 Å². The molecule has 7 heteroatoms. The van der Waals surface area contributed by atoms with Crippen LogP contribution in [-0.2, 0) is 0 Å². The number of benzene rings is 1. The summed E-state index contributed by atoms with van der Waals surface area (Å²) in [7, 11) is 0. The van der Waals surface area contributed by atoms with Crippen molar-refractivity contribution in [3.05, 3.63) is 33.9 Å². The van der Waals surface area contributed by atoms with Crippen LogP contribution in [0.1, 0.15) is 18.4 Å². The molecular weight excluding hydrogens is 262 g/mol. The summed E-state index contributed by atoms with van der Waals surface area (Å²) in [5.41, 5.74) is -0.319. The van der Waals surface area contributed by atoms with Crippen molar-refractivity contribution in [1.82, 2.24) is 0 Å². The van der Waals surface area contributed by atoms with Crippen LogP contribution in [-0.4, -0.2) is 22.5 Å². The molecular formula is C11H12F2N2O2S. The van der Waals surface area contributed by atoms with E-state index in [0.717, 1.165) is 24.0 Å². The van der Waals surface area contributed by atoms with Gasteiger partial charge in [-0.25, -0.2) is 8.78 Å². The molecule has 98 valence electrons. The number of nitro benzene ring substituents is 1. The summed E-state index contributed by atoms with van der Waals surface area (Å²) in [6.45, 7) is 0. The molecule has 0 spiro atoms. The highest BCUT2D eigenvalue weighted by Gasteiger charge is 2.21. The fraction of sp³-hybridized carbons (Fsp3) is 0.455. The standard InChI is InChI=1S/C11H12F2N2O2S/c12-11(13)9-5-8(15(16)17)1-2-10(9)14-7-3-4-18-6-7/h1-2,5,7,11,14H,3-4,6H2. The molecule has 1 aromatic carbocycles. The number of alkyl halides is 2. The van der Waals surface area contributed by atoms with Crippen LogP contribution in [0.2, 0.25) is 0 Å². The first-order chi connectivity index (χ1) is 8.58. The van der Waals surface area contributed by atoms with Gasteiger partial charge in [-0.3, -0.25) is 10.1 Å². The fourth-order valence-electron chi connectivity index (χ4n) is 1.84. The molecule has 0 radical (unpaired) electrons. The van der Waals surface area contributed by atoms with E-state index < -0.39 is 11.3 Å². The Labute approximate surface area is 107 Å². The van der Waals surface area contributed by atoms with Crippen LogP contribution in [0.5, 0.6) is 0 Å². The maximum atomic E-state index is 12.9. The maximum absolute atomic E-state index is 12.9. The van der Waals surface area contributed by atoms with Crippen LogP contribution >= 0.6 is 11.8 Å². The van der Waals surface area contributed by atoms with E-state index in [4.69, 9.17) is 0 Å². The predicted octanol–water partition coefficient (Wildman–Crippen LogP) is 3.45. The first kappa shape index (κ1) is 13.1. The zero-order valence-corrected chi connectivity index (χ0v) is 10.3. The van der Waals surface area contributed by atoms with Crippen LogP contribution in [0.4, 0.5) is 20.2 Å². The number of halogens is 2. The van der Waals surface area contributed by atoms with Gasteiger partial charge in [0.2, 0.25) is 0 Å². The lowest BCUT2D eigenvalue weighted by molar-refractivity contribution is -0.385. The minimum Gasteiger partial charge on any atom is -0.381 e. The van der Waals surface area contributed by atoms with Crippen molar-refractivity contribution in [3.63, 3.8) is 0 Å². The van der Waals surface area contributed by atoms with Crippen molar-refractivity contribution in [1.29, 1.82) is 0 Å². The Hall–Kier alpha value is -1.37. The number of nitro groups is 1. The van der Waals surface area contributed by atoms with E-state index in [9.17, 15) is 18.9 Å². The largest absolute Gasteiger partial charge is 0.381 e. The molecule has 1 saturated heterocycles. The molecule has 0 aromatic heterocycles. The van der Waals surface area contributed by atoms with Gasteiger partial charge in [0.05, 0.1) is 4.92 Å². The molecule has 1 aliphatic heterocycles. The fourth-order valence-corrected chi connectivity index (χ4v) is 3.00. The van der Waals surface area contributed by atoms with Gasteiger partial charge in [0.15, 0.2) is 0 Å². The number of anilines is 1. The summed E-state index contributed by atoms with van der Waals surface area (Å²) in [6, 6.07) is 3.71. The zero-order valence-electron chi connectivity index (χ0n) is 9.44. The molecule has 0 bridgehead atoms. The highest BCUT2D eigenvalue weighted by molar-refractivity contribution is 7.99. The van der Waals surface area contributed by atoms with E-state index in [-0.39, 0.29) is 17.3 Å². The third kappa shape index (κ3) is 2.90. The van der Waals surface area contributed by atoms with E-state index in [1.165, 1.54) is 12.1 Å². The lowest BCUT2D eigenvalue weighted by atomic mass is 10.1. The zero-order chi connectivity index (χ0) is 13.1. The van der Waals surface area contributed by atoms with Crippen molar-refractivity contribution in [2.75, 3.05) is 16.8 Å². The Kier molecular flexibility index (Phi) is 4.00. The first-order valence-corrected chi connectivity index (χ1v) is 6.64. The summed E-state index contributed by atoms with van der Waals surface area (Å²) >= 11 is 1.77. The van der Waals surface area contributed by atoms with E-state index in [1.807, 2.05) is 0 Å². The van der Waals surface area contributed by atoms with Gasteiger partial charge in [-0.1, -0.05) is 0 Å². The van der Waals surface area contributed by atoms with E-state index in [0.29, 0.717) is 5.69 Å². The molecule has 1 atom stereocenters. The third-order valence-electron chi connectivity index (χ3n) is 2.77. The summed E-state index contributed by atoms with van der Waals surface area (Å²) in [5.74, 6) is 1.88. The number of hydrogen-bond acceptors (Lipinski definition) is 4. The highest BCUT2D eigenvalue weighted by atomic mass is 32.2. The average Bonchev–Trinajstić information content (AvgIpc) is 2.81. The molecule has 0 saturated carbocycles. The Balaban J connectivity index is 2.25. The van der Waals surface area contributed by atoms with E-state index in [1.54, 1.807) is 11.8 Å². The maximum Gasteiger partial charge on any atom is 0.270 e. The van der Waals surface area contributed by atoms with Gasteiger partial charge < -0.3 is 5.32 Å². The average molecular weight is 274 g/mol. The van der Waals surface area contributed by atoms with Crippen LogP contribution < -0.4 is 5.32 Å². The van der Waals surface area contributed by atoms with Gasteiger partial charge in [0.1, 0.15) is 0 Å². The Morgan fingerprint density at radius 3 is 2.83 bits per heavy atom. The Morgan fingerprint density at radius 1 is 1.50 bits per heavy atom. The van der Waals surface area contributed by atoms with E-state index in [2.05, 4.69) is 5.32 Å². The Morgan fingerprint density at radius 2 is 2.28 bits per heavy atom. The smallest absolute Gasteiger partial charge is 0.270 e. The minimum absolute atomic E-state index is 0.161. The van der Waals surface area contributed by atoms with Crippen molar-refractivity contribution in [2.45, 2.75) is 18.9 Å². The molecule has 1 N–H and O–H groups in total. The quantitative estimate of drug-likeness (QED) is 0.675. The first-order valence-electron chi connectivity index (χ1n) is 5.48. The van der Waals surface area contributed by atoms with Crippen molar-refractivity contribution >= 4 is 23.1 Å². The molecule has 0 aliphatic carbocycles. The number of rotatable bonds is 4. The van der Waals surface area contributed by atoms with Gasteiger partial charge >= 0.3 is 0 Å². The van der Waals surface area contributed by atoms with Gasteiger partial charge in [-0.05, 0) is 18.2 Å². The lowest BCUT2D eigenvalue weighted by Crippen LogP contribution is -2.19. The molecule has 1 aromatic rings. The molecule has 1 aliphatic rings. The minimum atomic E-state index is -2.72. The molecule has 4 nitrogen and oxygen atoms in total. The summed E-state index contributed by atoms with van der Waals surface area (Å²) in [4.78, 5) is 9.90. The van der Waals surface area contributed by atoms with Crippen LogP contribution in [0.15, 0.2) is 18.2 Å². The Bertz CT molecular complexity index is 451.